The van der Waals surface area contributed by atoms with E-state index < -0.39 is 0 Å². The Morgan fingerprint density at radius 2 is 2.41 bits per heavy atom. The largest absolute Gasteiger partial charge is 0.356 e. The minimum atomic E-state index is -0.0876. The van der Waals surface area contributed by atoms with Gasteiger partial charge in [0.1, 0.15) is 11.6 Å². The summed E-state index contributed by atoms with van der Waals surface area (Å²) < 4.78 is 0. The highest BCUT2D eigenvalue weighted by atomic mass is 16.1. The Balaban J connectivity index is 2.18. The van der Waals surface area contributed by atoms with E-state index in [0.717, 1.165) is 31.7 Å². The zero-order chi connectivity index (χ0) is 12.4. The SMILES string of the molecule is Cc1nc(N2CCCC(C(C)N)C2)cc(=O)[nH]1. The number of hydrogen-bond acceptors (Lipinski definition) is 4. The van der Waals surface area contributed by atoms with Crippen molar-refractivity contribution >= 4 is 5.82 Å². The molecule has 1 saturated heterocycles. The molecule has 2 atom stereocenters. The molecule has 3 N–H and O–H groups in total. The fraction of sp³-hybridized carbons (Fsp3) is 0.667. The Kier molecular flexibility index (Phi) is 3.47. The molecule has 1 aromatic rings. The molecule has 0 bridgehead atoms. The first-order valence-electron chi connectivity index (χ1n) is 6.15. The predicted octanol–water partition coefficient (Wildman–Crippen LogP) is 0.642. The third-order valence-corrected chi connectivity index (χ3v) is 3.37. The van der Waals surface area contributed by atoms with E-state index in [2.05, 4.69) is 14.9 Å². The van der Waals surface area contributed by atoms with E-state index in [9.17, 15) is 4.79 Å². The molecule has 2 rings (SSSR count). The molecule has 1 aliphatic heterocycles. The van der Waals surface area contributed by atoms with Crippen molar-refractivity contribution in [3.8, 4) is 0 Å². The van der Waals surface area contributed by atoms with Crippen LogP contribution in [0, 0.1) is 12.8 Å². The molecule has 2 unspecified atom stereocenters. The molecule has 5 heteroatoms. The summed E-state index contributed by atoms with van der Waals surface area (Å²) >= 11 is 0. The van der Waals surface area contributed by atoms with E-state index in [1.165, 1.54) is 0 Å². The molecule has 0 aliphatic carbocycles. The molecule has 0 aromatic carbocycles. The Labute approximate surface area is 101 Å². The molecule has 2 heterocycles. The van der Waals surface area contributed by atoms with E-state index in [-0.39, 0.29) is 11.6 Å². The lowest BCUT2D eigenvalue weighted by Gasteiger charge is -2.35. The summed E-state index contributed by atoms with van der Waals surface area (Å²) in [6.45, 7) is 5.70. The fourth-order valence-corrected chi connectivity index (χ4v) is 2.37. The second kappa shape index (κ2) is 4.87. The van der Waals surface area contributed by atoms with E-state index in [0.29, 0.717) is 11.7 Å². The zero-order valence-electron chi connectivity index (χ0n) is 10.4. The van der Waals surface area contributed by atoms with Crippen LogP contribution in [0.2, 0.25) is 0 Å². The highest BCUT2D eigenvalue weighted by molar-refractivity contribution is 5.38. The standard InChI is InChI=1S/C12H20N4O/c1-8(13)10-4-3-5-16(7-10)11-6-12(17)15-9(2)14-11/h6,8,10H,3-5,7,13H2,1-2H3,(H,14,15,17). The van der Waals surface area contributed by atoms with Crippen LogP contribution in [-0.4, -0.2) is 29.1 Å². The maximum Gasteiger partial charge on any atom is 0.252 e. The highest BCUT2D eigenvalue weighted by Gasteiger charge is 2.23. The first-order chi connectivity index (χ1) is 8.06. The van der Waals surface area contributed by atoms with Gasteiger partial charge in [0.25, 0.3) is 5.56 Å². The van der Waals surface area contributed by atoms with Gasteiger partial charge in [0, 0.05) is 25.2 Å². The van der Waals surface area contributed by atoms with Gasteiger partial charge in [-0.2, -0.15) is 0 Å². The van der Waals surface area contributed by atoms with Crippen molar-refractivity contribution in [2.45, 2.75) is 32.7 Å². The van der Waals surface area contributed by atoms with Crippen molar-refractivity contribution in [1.82, 2.24) is 9.97 Å². The Morgan fingerprint density at radius 1 is 1.65 bits per heavy atom. The summed E-state index contributed by atoms with van der Waals surface area (Å²) in [6.07, 6.45) is 2.27. The summed E-state index contributed by atoms with van der Waals surface area (Å²) in [7, 11) is 0. The average molecular weight is 236 g/mol. The Morgan fingerprint density at radius 3 is 3.06 bits per heavy atom. The molecule has 0 amide bonds. The molecule has 1 aromatic heterocycles. The number of nitrogens with two attached hydrogens (primary N) is 1. The van der Waals surface area contributed by atoms with Crippen LogP contribution in [0.25, 0.3) is 0 Å². The fourth-order valence-electron chi connectivity index (χ4n) is 2.37. The van der Waals surface area contributed by atoms with Gasteiger partial charge in [-0.05, 0) is 32.6 Å². The van der Waals surface area contributed by atoms with E-state index in [1.807, 2.05) is 6.92 Å². The van der Waals surface area contributed by atoms with Gasteiger partial charge >= 0.3 is 0 Å². The Hall–Kier alpha value is -1.36. The summed E-state index contributed by atoms with van der Waals surface area (Å²) in [5, 5.41) is 0. The van der Waals surface area contributed by atoms with Gasteiger partial charge in [-0.15, -0.1) is 0 Å². The van der Waals surface area contributed by atoms with Crippen molar-refractivity contribution in [1.29, 1.82) is 0 Å². The number of H-pyrrole nitrogens is 1. The van der Waals surface area contributed by atoms with Gasteiger partial charge in [-0.25, -0.2) is 4.98 Å². The minimum Gasteiger partial charge on any atom is -0.356 e. The lowest BCUT2D eigenvalue weighted by Crippen LogP contribution is -2.43. The molecular weight excluding hydrogens is 216 g/mol. The number of hydrogen-bond donors (Lipinski definition) is 2. The topological polar surface area (TPSA) is 75.0 Å². The number of nitrogens with one attached hydrogen (secondary N) is 1. The third kappa shape index (κ3) is 2.85. The summed E-state index contributed by atoms with van der Waals surface area (Å²) in [5.74, 6) is 1.93. The molecule has 0 spiro atoms. The number of aromatic amines is 1. The lowest BCUT2D eigenvalue weighted by molar-refractivity contribution is 0.363. The molecule has 0 saturated carbocycles. The predicted molar refractivity (Wildman–Crippen MR) is 68.2 cm³/mol. The van der Waals surface area contributed by atoms with Crippen LogP contribution in [-0.2, 0) is 0 Å². The molecule has 94 valence electrons. The van der Waals surface area contributed by atoms with E-state index in [1.54, 1.807) is 13.0 Å². The van der Waals surface area contributed by atoms with Crippen LogP contribution < -0.4 is 16.2 Å². The molecule has 5 nitrogen and oxygen atoms in total. The smallest absolute Gasteiger partial charge is 0.252 e. The number of piperidine rings is 1. The van der Waals surface area contributed by atoms with Crippen LogP contribution in [0.5, 0.6) is 0 Å². The summed E-state index contributed by atoms with van der Waals surface area (Å²) in [4.78, 5) is 20.6. The summed E-state index contributed by atoms with van der Waals surface area (Å²) in [5.41, 5.74) is 5.86. The molecule has 1 aliphatic rings. The van der Waals surface area contributed by atoms with Crippen LogP contribution in [0.3, 0.4) is 0 Å². The van der Waals surface area contributed by atoms with Crippen LogP contribution in [0.1, 0.15) is 25.6 Å². The van der Waals surface area contributed by atoms with Crippen LogP contribution in [0.15, 0.2) is 10.9 Å². The molecule has 17 heavy (non-hydrogen) atoms. The van der Waals surface area contributed by atoms with Crippen LogP contribution >= 0.6 is 0 Å². The van der Waals surface area contributed by atoms with Crippen molar-refractivity contribution in [3.63, 3.8) is 0 Å². The number of nitrogens with zero attached hydrogens (tertiary/aromatic N) is 2. The normalized spacial score (nSPS) is 22.5. The number of aromatic nitrogens is 2. The maximum atomic E-state index is 11.4. The van der Waals surface area contributed by atoms with E-state index in [4.69, 9.17) is 5.73 Å². The van der Waals surface area contributed by atoms with E-state index >= 15 is 0 Å². The second-order valence-corrected chi connectivity index (χ2v) is 4.90. The quantitative estimate of drug-likeness (QED) is 0.790. The first-order valence-corrected chi connectivity index (χ1v) is 6.15. The summed E-state index contributed by atoms with van der Waals surface area (Å²) in [6, 6.07) is 1.76. The average Bonchev–Trinajstić information content (AvgIpc) is 2.28. The maximum absolute atomic E-state index is 11.4. The van der Waals surface area contributed by atoms with Gasteiger partial charge in [0.15, 0.2) is 0 Å². The van der Waals surface area contributed by atoms with Gasteiger partial charge < -0.3 is 15.6 Å². The highest BCUT2D eigenvalue weighted by Crippen LogP contribution is 2.22. The van der Waals surface area contributed by atoms with Gasteiger partial charge in [-0.1, -0.05) is 0 Å². The van der Waals surface area contributed by atoms with Crippen molar-refractivity contribution in [2.24, 2.45) is 11.7 Å². The second-order valence-electron chi connectivity index (χ2n) is 4.90. The first kappa shape index (κ1) is 12.1. The van der Waals surface area contributed by atoms with Crippen LogP contribution in [0.4, 0.5) is 5.82 Å². The molecule has 0 radical (unpaired) electrons. The minimum absolute atomic E-state index is 0.0876. The van der Waals surface area contributed by atoms with Crippen molar-refractivity contribution in [3.05, 3.63) is 22.2 Å². The number of rotatable bonds is 2. The number of anilines is 1. The van der Waals surface area contributed by atoms with Crippen molar-refractivity contribution < 1.29 is 0 Å². The van der Waals surface area contributed by atoms with Gasteiger partial charge in [0.2, 0.25) is 0 Å². The lowest BCUT2D eigenvalue weighted by atomic mass is 9.92. The van der Waals surface area contributed by atoms with Gasteiger partial charge in [-0.3, -0.25) is 4.79 Å². The van der Waals surface area contributed by atoms with Gasteiger partial charge in [0.05, 0.1) is 0 Å². The zero-order valence-corrected chi connectivity index (χ0v) is 10.4. The molecule has 1 fully saturated rings. The monoisotopic (exact) mass is 236 g/mol. The number of aryl methyl sites for hydroxylation is 1. The molecular formula is C12H20N4O. The van der Waals surface area contributed by atoms with Crippen molar-refractivity contribution in [2.75, 3.05) is 18.0 Å². The Bertz CT molecular complexity index is 440. The third-order valence-electron chi connectivity index (χ3n) is 3.37.